The number of rotatable bonds is 7. The molecule has 2 aromatic rings. The van der Waals surface area contributed by atoms with Gasteiger partial charge in [0.1, 0.15) is 0 Å². The lowest BCUT2D eigenvalue weighted by atomic mass is 10.1. The molecule has 0 radical (unpaired) electrons. The first-order valence-corrected chi connectivity index (χ1v) is 9.71. The van der Waals surface area contributed by atoms with Crippen LogP contribution in [0.5, 0.6) is 0 Å². The van der Waals surface area contributed by atoms with E-state index in [9.17, 15) is 13.2 Å². The molecule has 2 rings (SSSR count). The maximum atomic E-state index is 12.2. The van der Waals surface area contributed by atoms with Gasteiger partial charge in [0.25, 0.3) is 0 Å². The summed E-state index contributed by atoms with van der Waals surface area (Å²) in [5.74, 6) is -0.536. The molecule has 2 aromatic carbocycles. The number of amides is 1. The highest BCUT2D eigenvalue weighted by atomic mass is 35.5. The molecule has 0 atom stereocenters. The Kier molecular flexibility index (Phi) is 6.40. The van der Waals surface area contributed by atoms with E-state index in [1.165, 1.54) is 17.7 Å². The molecule has 128 valence electrons. The summed E-state index contributed by atoms with van der Waals surface area (Å²) in [6.45, 7) is 2.50. The molecular formula is C18H20ClNO3S. The van der Waals surface area contributed by atoms with E-state index in [0.717, 1.165) is 5.56 Å². The van der Waals surface area contributed by atoms with Crippen molar-refractivity contribution in [1.29, 1.82) is 0 Å². The number of halogens is 1. The fraction of sp³-hybridized carbons (Fsp3) is 0.278. The van der Waals surface area contributed by atoms with E-state index in [1.54, 1.807) is 12.1 Å². The third kappa shape index (κ3) is 5.35. The first kappa shape index (κ1) is 18.5. The van der Waals surface area contributed by atoms with Crippen molar-refractivity contribution >= 4 is 27.3 Å². The molecule has 4 nitrogen and oxygen atoms in total. The second kappa shape index (κ2) is 8.31. The summed E-state index contributed by atoms with van der Waals surface area (Å²) in [5.41, 5.74) is 2.31. The summed E-state index contributed by atoms with van der Waals surface area (Å²) in [7, 11) is -3.56. The quantitative estimate of drug-likeness (QED) is 0.819. The van der Waals surface area contributed by atoms with Gasteiger partial charge in [0.15, 0.2) is 9.84 Å². The van der Waals surface area contributed by atoms with Crippen molar-refractivity contribution in [3.05, 3.63) is 64.7 Å². The van der Waals surface area contributed by atoms with Gasteiger partial charge in [-0.2, -0.15) is 0 Å². The molecule has 0 aliphatic carbocycles. The highest BCUT2D eigenvalue weighted by Gasteiger charge is 2.18. The lowest BCUT2D eigenvalue weighted by molar-refractivity contribution is -0.120. The van der Waals surface area contributed by atoms with Crippen molar-refractivity contribution in [2.75, 3.05) is 12.3 Å². The first-order chi connectivity index (χ1) is 11.4. The second-order valence-corrected chi connectivity index (χ2v) is 8.07. The third-order valence-corrected chi connectivity index (χ3v) is 5.80. The van der Waals surface area contributed by atoms with Gasteiger partial charge < -0.3 is 5.32 Å². The molecule has 0 aliphatic heterocycles. The van der Waals surface area contributed by atoms with Gasteiger partial charge in [-0.15, -0.1) is 0 Å². The van der Waals surface area contributed by atoms with Gasteiger partial charge in [-0.1, -0.05) is 53.6 Å². The van der Waals surface area contributed by atoms with Crippen LogP contribution >= 0.6 is 11.6 Å². The van der Waals surface area contributed by atoms with Gasteiger partial charge in [-0.05, 0) is 31.0 Å². The summed E-state index contributed by atoms with van der Waals surface area (Å²) in [4.78, 5) is 11.9. The third-order valence-electron chi connectivity index (χ3n) is 3.59. The van der Waals surface area contributed by atoms with Gasteiger partial charge in [0.05, 0.1) is 15.7 Å². The monoisotopic (exact) mass is 365 g/mol. The Morgan fingerprint density at radius 1 is 1.12 bits per heavy atom. The normalized spacial score (nSPS) is 11.2. The molecular weight excluding hydrogens is 346 g/mol. The molecule has 1 N–H and O–H groups in total. The van der Waals surface area contributed by atoms with Crippen molar-refractivity contribution < 1.29 is 13.2 Å². The summed E-state index contributed by atoms with van der Waals surface area (Å²) < 4.78 is 24.5. The lowest BCUT2D eigenvalue weighted by Gasteiger charge is -2.08. The average Bonchev–Trinajstić information content (AvgIpc) is 2.53. The number of nitrogens with one attached hydrogen (secondary N) is 1. The Hall–Kier alpha value is -1.85. The fourth-order valence-corrected chi connectivity index (χ4v) is 4.15. The molecule has 1 amide bonds. The molecule has 0 aliphatic rings. The Bertz CT molecular complexity index is 819. The highest BCUT2D eigenvalue weighted by Crippen LogP contribution is 2.22. The van der Waals surface area contributed by atoms with E-state index in [0.29, 0.717) is 13.0 Å². The van der Waals surface area contributed by atoms with E-state index >= 15 is 0 Å². The van der Waals surface area contributed by atoms with Gasteiger partial charge in [-0.3, -0.25) is 4.79 Å². The zero-order chi connectivity index (χ0) is 17.6. The van der Waals surface area contributed by atoms with Crippen LogP contribution in [0.15, 0.2) is 53.4 Å². The van der Waals surface area contributed by atoms with Crippen LogP contribution in [-0.2, 0) is 21.1 Å². The lowest BCUT2D eigenvalue weighted by Crippen LogP contribution is -2.27. The number of aryl methyl sites for hydroxylation is 1. The van der Waals surface area contributed by atoms with E-state index in [2.05, 4.69) is 11.4 Å². The van der Waals surface area contributed by atoms with Crippen LogP contribution in [0.25, 0.3) is 0 Å². The van der Waals surface area contributed by atoms with E-state index in [4.69, 9.17) is 11.6 Å². The fourth-order valence-electron chi connectivity index (χ4n) is 2.34. The summed E-state index contributed by atoms with van der Waals surface area (Å²) in [5, 5.41) is 2.93. The molecule has 0 bridgehead atoms. The van der Waals surface area contributed by atoms with E-state index in [1.807, 2.05) is 25.1 Å². The van der Waals surface area contributed by atoms with Gasteiger partial charge in [0, 0.05) is 13.0 Å². The Balaban J connectivity index is 1.82. The van der Waals surface area contributed by atoms with Gasteiger partial charge in [-0.25, -0.2) is 8.42 Å². The van der Waals surface area contributed by atoms with Crippen LogP contribution in [0.3, 0.4) is 0 Å². The van der Waals surface area contributed by atoms with Crippen LogP contribution in [0.2, 0.25) is 5.02 Å². The number of carbonyl (C=O) groups is 1. The molecule has 0 saturated heterocycles. The number of hydrogen-bond acceptors (Lipinski definition) is 3. The van der Waals surface area contributed by atoms with Crippen LogP contribution in [0.4, 0.5) is 0 Å². The maximum Gasteiger partial charge on any atom is 0.221 e. The minimum absolute atomic E-state index is 0.0687. The number of benzene rings is 2. The SMILES string of the molecule is Cc1cccc(CCNC(=O)CCS(=O)(=O)c2ccccc2Cl)c1. The minimum atomic E-state index is -3.56. The van der Waals surface area contributed by atoms with E-state index in [-0.39, 0.29) is 28.0 Å². The standard InChI is InChI=1S/C18H20ClNO3S/c1-14-5-4-6-15(13-14)9-11-20-18(21)10-12-24(22,23)17-8-3-2-7-16(17)19/h2-8,13H,9-12H2,1H3,(H,20,21). The largest absolute Gasteiger partial charge is 0.356 e. The first-order valence-electron chi connectivity index (χ1n) is 7.68. The van der Waals surface area contributed by atoms with Crippen LogP contribution in [-0.4, -0.2) is 26.6 Å². The molecule has 0 spiro atoms. The predicted molar refractivity (Wildman–Crippen MR) is 96.0 cm³/mol. The molecule has 0 aromatic heterocycles. The van der Waals surface area contributed by atoms with Crippen molar-refractivity contribution in [3.63, 3.8) is 0 Å². The second-order valence-electron chi connectivity index (χ2n) is 5.59. The molecule has 6 heteroatoms. The Labute approximate surface area is 147 Å². The molecule has 0 unspecified atom stereocenters. The highest BCUT2D eigenvalue weighted by molar-refractivity contribution is 7.91. The summed E-state index contributed by atoms with van der Waals surface area (Å²) in [6.07, 6.45) is 0.631. The van der Waals surface area contributed by atoms with E-state index < -0.39 is 9.84 Å². The van der Waals surface area contributed by atoms with Crippen molar-refractivity contribution in [3.8, 4) is 0 Å². The number of hydrogen-bond donors (Lipinski definition) is 1. The van der Waals surface area contributed by atoms with Gasteiger partial charge in [0.2, 0.25) is 5.91 Å². The molecule has 0 fully saturated rings. The van der Waals surface area contributed by atoms with Crippen LogP contribution in [0.1, 0.15) is 17.5 Å². The smallest absolute Gasteiger partial charge is 0.221 e. The van der Waals surface area contributed by atoms with Crippen molar-refractivity contribution in [2.24, 2.45) is 0 Å². The zero-order valence-electron chi connectivity index (χ0n) is 13.5. The Morgan fingerprint density at radius 3 is 2.58 bits per heavy atom. The number of sulfone groups is 1. The summed E-state index contributed by atoms with van der Waals surface area (Å²) in [6, 6.07) is 14.3. The molecule has 24 heavy (non-hydrogen) atoms. The van der Waals surface area contributed by atoms with Crippen LogP contribution in [0, 0.1) is 6.92 Å². The average molecular weight is 366 g/mol. The van der Waals surface area contributed by atoms with Crippen LogP contribution < -0.4 is 5.32 Å². The maximum absolute atomic E-state index is 12.2. The van der Waals surface area contributed by atoms with Gasteiger partial charge >= 0.3 is 0 Å². The van der Waals surface area contributed by atoms with Crippen molar-refractivity contribution in [2.45, 2.75) is 24.7 Å². The summed E-state index contributed by atoms with van der Waals surface area (Å²) >= 11 is 5.91. The minimum Gasteiger partial charge on any atom is -0.356 e. The topological polar surface area (TPSA) is 63.2 Å². The molecule has 0 saturated carbocycles. The Morgan fingerprint density at radius 2 is 1.88 bits per heavy atom. The molecule has 0 heterocycles. The predicted octanol–water partition coefficient (Wildman–Crippen LogP) is 3.17. The number of carbonyl (C=O) groups excluding carboxylic acids is 1. The zero-order valence-corrected chi connectivity index (χ0v) is 15.0. The van der Waals surface area contributed by atoms with Crippen molar-refractivity contribution in [1.82, 2.24) is 5.32 Å².